The largest absolute Gasteiger partial charge is 0.336 e. The van der Waals surface area contributed by atoms with E-state index in [9.17, 15) is 4.79 Å². The van der Waals surface area contributed by atoms with Crippen LogP contribution in [0.5, 0.6) is 0 Å². The Kier molecular flexibility index (Phi) is 6.30. The fraction of sp³-hybridized carbons (Fsp3) is 0.667. The first-order chi connectivity index (χ1) is 11.7. The number of aryl methyl sites for hydroxylation is 1. The number of likely N-dealkylation sites (tertiary alicyclic amines) is 1. The van der Waals surface area contributed by atoms with Gasteiger partial charge in [-0.15, -0.1) is 0 Å². The zero-order valence-electron chi connectivity index (χ0n) is 15.1. The molecule has 24 heavy (non-hydrogen) atoms. The number of benzene rings is 1. The summed E-state index contributed by atoms with van der Waals surface area (Å²) in [7, 11) is 0. The van der Waals surface area contributed by atoms with Crippen LogP contribution in [-0.4, -0.2) is 30.4 Å². The molecule has 2 saturated heterocycles. The van der Waals surface area contributed by atoms with Crippen molar-refractivity contribution >= 4 is 5.91 Å². The summed E-state index contributed by atoms with van der Waals surface area (Å²) in [6, 6.07) is 9.03. The van der Waals surface area contributed by atoms with E-state index in [0.717, 1.165) is 51.2 Å². The first-order valence-corrected chi connectivity index (χ1v) is 9.81. The summed E-state index contributed by atoms with van der Waals surface area (Å²) >= 11 is 0. The van der Waals surface area contributed by atoms with E-state index in [0.29, 0.717) is 5.91 Å². The third-order valence-corrected chi connectivity index (χ3v) is 5.73. The second-order valence-electron chi connectivity index (χ2n) is 7.60. The van der Waals surface area contributed by atoms with Gasteiger partial charge in [-0.25, -0.2) is 0 Å². The molecule has 1 unspecified atom stereocenters. The Hall–Kier alpha value is -1.35. The van der Waals surface area contributed by atoms with Crippen molar-refractivity contribution < 1.29 is 4.79 Å². The van der Waals surface area contributed by atoms with Crippen LogP contribution in [0.15, 0.2) is 24.3 Å². The van der Waals surface area contributed by atoms with Crippen LogP contribution in [0.25, 0.3) is 0 Å². The van der Waals surface area contributed by atoms with Crippen LogP contribution in [0.3, 0.4) is 0 Å². The summed E-state index contributed by atoms with van der Waals surface area (Å²) in [6.07, 6.45) is 9.01. The molecule has 0 aromatic heterocycles. The molecular weight excluding hydrogens is 296 g/mol. The van der Waals surface area contributed by atoms with Crippen molar-refractivity contribution in [3.63, 3.8) is 0 Å². The number of amides is 1. The van der Waals surface area contributed by atoms with Gasteiger partial charge >= 0.3 is 0 Å². The van der Waals surface area contributed by atoms with E-state index in [4.69, 9.17) is 0 Å². The summed E-state index contributed by atoms with van der Waals surface area (Å²) in [5.41, 5.74) is 2.62. The lowest BCUT2D eigenvalue weighted by Gasteiger charge is -2.31. The fourth-order valence-corrected chi connectivity index (χ4v) is 4.27. The van der Waals surface area contributed by atoms with Crippen molar-refractivity contribution in [2.75, 3.05) is 19.6 Å². The summed E-state index contributed by atoms with van der Waals surface area (Å²) in [4.78, 5) is 15.2. The van der Waals surface area contributed by atoms with Crippen LogP contribution in [0.4, 0.5) is 0 Å². The van der Waals surface area contributed by atoms with Gasteiger partial charge in [-0.05, 0) is 63.6 Å². The molecule has 3 nitrogen and oxygen atoms in total. The first-order valence-electron chi connectivity index (χ1n) is 9.81. The van der Waals surface area contributed by atoms with Gasteiger partial charge in [-0.2, -0.15) is 0 Å². The molecular formula is C21H32N2O. The highest BCUT2D eigenvalue weighted by Crippen LogP contribution is 2.31. The number of nitrogens with zero attached hydrogens (tertiary/aromatic N) is 1. The number of carbonyl (C=O) groups is 1. The molecule has 0 aliphatic carbocycles. The molecule has 2 heterocycles. The Morgan fingerprint density at radius 2 is 2.00 bits per heavy atom. The average Bonchev–Trinajstić information content (AvgIpc) is 2.86. The van der Waals surface area contributed by atoms with Crippen LogP contribution in [0.2, 0.25) is 0 Å². The monoisotopic (exact) mass is 328 g/mol. The van der Waals surface area contributed by atoms with Crippen molar-refractivity contribution in [3.8, 4) is 0 Å². The standard InChI is InChI=1S/C21H32N2O/c1-17-6-5-7-19(16-17)20-8-3-2-4-15-23(20)21(24)10-9-18-11-13-22-14-12-18/h5-7,16,18,20,22H,2-4,8-15H2,1H3. The van der Waals surface area contributed by atoms with Crippen LogP contribution < -0.4 is 5.32 Å². The fourth-order valence-electron chi connectivity index (χ4n) is 4.27. The third kappa shape index (κ3) is 4.60. The molecule has 2 aliphatic heterocycles. The Bertz CT molecular complexity index is 536. The van der Waals surface area contributed by atoms with Gasteiger partial charge in [-0.3, -0.25) is 4.79 Å². The van der Waals surface area contributed by atoms with Gasteiger partial charge in [0, 0.05) is 13.0 Å². The Morgan fingerprint density at radius 1 is 1.17 bits per heavy atom. The van der Waals surface area contributed by atoms with Gasteiger partial charge in [0.05, 0.1) is 6.04 Å². The maximum absolute atomic E-state index is 13.0. The number of carbonyl (C=O) groups excluding carboxylic acids is 1. The maximum Gasteiger partial charge on any atom is 0.223 e. The second kappa shape index (κ2) is 8.66. The maximum atomic E-state index is 13.0. The van der Waals surface area contributed by atoms with Gasteiger partial charge in [0.25, 0.3) is 0 Å². The normalized spacial score (nSPS) is 23.0. The summed E-state index contributed by atoms with van der Waals surface area (Å²) in [5, 5.41) is 3.41. The zero-order valence-corrected chi connectivity index (χ0v) is 15.1. The molecule has 3 heteroatoms. The van der Waals surface area contributed by atoms with E-state index >= 15 is 0 Å². The minimum absolute atomic E-state index is 0.285. The van der Waals surface area contributed by atoms with E-state index in [1.165, 1.54) is 36.8 Å². The van der Waals surface area contributed by atoms with E-state index in [1.807, 2.05) is 0 Å². The van der Waals surface area contributed by atoms with E-state index < -0.39 is 0 Å². The molecule has 2 fully saturated rings. The van der Waals surface area contributed by atoms with Gasteiger partial charge in [0.2, 0.25) is 5.91 Å². The molecule has 2 aliphatic rings. The van der Waals surface area contributed by atoms with E-state index in [2.05, 4.69) is 41.4 Å². The number of rotatable bonds is 4. The molecule has 0 spiro atoms. The number of nitrogens with one attached hydrogen (secondary N) is 1. The molecule has 1 atom stereocenters. The highest BCUT2D eigenvalue weighted by molar-refractivity contribution is 5.76. The predicted octanol–water partition coefficient (Wildman–Crippen LogP) is 4.22. The lowest BCUT2D eigenvalue weighted by molar-refractivity contribution is -0.134. The van der Waals surface area contributed by atoms with Crippen LogP contribution in [0, 0.1) is 12.8 Å². The minimum Gasteiger partial charge on any atom is -0.336 e. The third-order valence-electron chi connectivity index (χ3n) is 5.73. The number of hydrogen-bond acceptors (Lipinski definition) is 2. The molecule has 132 valence electrons. The van der Waals surface area contributed by atoms with Gasteiger partial charge in [-0.1, -0.05) is 42.7 Å². The number of piperidine rings is 1. The highest BCUT2D eigenvalue weighted by Gasteiger charge is 2.27. The van der Waals surface area contributed by atoms with Crippen LogP contribution in [0.1, 0.15) is 68.5 Å². The van der Waals surface area contributed by atoms with Crippen molar-refractivity contribution in [1.82, 2.24) is 10.2 Å². The summed E-state index contributed by atoms with van der Waals surface area (Å²) in [5.74, 6) is 1.11. The Labute approximate surface area is 146 Å². The van der Waals surface area contributed by atoms with E-state index in [-0.39, 0.29) is 6.04 Å². The minimum atomic E-state index is 0.285. The molecule has 0 bridgehead atoms. The molecule has 1 amide bonds. The average molecular weight is 329 g/mol. The van der Waals surface area contributed by atoms with Crippen molar-refractivity contribution in [1.29, 1.82) is 0 Å². The van der Waals surface area contributed by atoms with Gasteiger partial charge < -0.3 is 10.2 Å². The molecule has 1 N–H and O–H groups in total. The van der Waals surface area contributed by atoms with Crippen molar-refractivity contribution in [2.45, 2.75) is 64.3 Å². The second-order valence-corrected chi connectivity index (χ2v) is 7.60. The van der Waals surface area contributed by atoms with Crippen LogP contribution in [-0.2, 0) is 4.79 Å². The lowest BCUT2D eigenvalue weighted by atomic mass is 9.92. The topological polar surface area (TPSA) is 32.3 Å². The molecule has 0 radical (unpaired) electrons. The lowest BCUT2D eigenvalue weighted by Crippen LogP contribution is -2.35. The summed E-state index contributed by atoms with van der Waals surface area (Å²) < 4.78 is 0. The quantitative estimate of drug-likeness (QED) is 0.897. The zero-order chi connectivity index (χ0) is 16.8. The SMILES string of the molecule is Cc1cccc(C2CCCCCN2C(=O)CCC2CCNCC2)c1. The molecule has 0 saturated carbocycles. The Morgan fingerprint density at radius 3 is 2.79 bits per heavy atom. The first kappa shape index (κ1) is 17.5. The van der Waals surface area contributed by atoms with Crippen molar-refractivity contribution in [3.05, 3.63) is 35.4 Å². The molecule has 1 aromatic carbocycles. The van der Waals surface area contributed by atoms with Crippen molar-refractivity contribution in [2.24, 2.45) is 5.92 Å². The van der Waals surface area contributed by atoms with Gasteiger partial charge in [0.1, 0.15) is 0 Å². The van der Waals surface area contributed by atoms with E-state index in [1.54, 1.807) is 0 Å². The number of hydrogen-bond donors (Lipinski definition) is 1. The van der Waals surface area contributed by atoms with Crippen LogP contribution >= 0.6 is 0 Å². The highest BCUT2D eigenvalue weighted by atomic mass is 16.2. The molecule has 3 rings (SSSR count). The predicted molar refractivity (Wildman–Crippen MR) is 98.9 cm³/mol. The van der Waals surface area contributed by atoms with Gasteiger partial charge in [0.15, 0.2) is 0 Å². The summed E-state index contributed by atoms with van der Waals surface area (Å²) in [6.45, 7) is 5.32. The Balaban J connectivity index is 1.66. The molecule has 1 aromatic rings. The smallest absolute Gasteiger partial charge is 0.223 e.